The predicted octanol–water partition coefficient (Wildman–Crippen LogP) is 28.9. The summed E-state index contributed by atoms with van der Waals surface area (Å²) in [7, 11) is 14.8. The van der Waals surface area contributed by atoms with E-state index in [4.69, 9.17) is 54.6 Å². The monoisotopic (exact) mass is 1370 g/mol. The van der Waals surface area contributed by atoms with Gasteiger partial charge in [-0.2, -0.15) is 0 Å². The molecule has 0 atom stereocenters. The third-order valence-electron chi connectivity index (χ3n) is 18.1. The second-order valence-electron chi connectivity index (χ2n) is 25.9. The summed E-state index contributed by atoms with van der Waals surface area (Å²) in [5, 5.41) is 0. The third kappa shape index (κ3) is 31.3. The molecule has 509 valence electrons. The number of aliphatic imine (C=N–C) groups is 2. The Labute approximate surface area is 587 Å². The molecule has 0 saturated carbocycles. The number of benzene rings is 6. The van der Waals surface area contributed by atoms with Crippen LogP contribution in [0.5, 0.6) is 11.5 Å². The molecule has 7 rings (SSSR count). The molecule has 0 aliphatic carbocycles. The maximum atomic E-state index is 6.89. The number of hydrogen-bond acceptors (Lipinski definition) is 5. The number of unbranched alkanes of at least 4 members (excludes halogenated alkanes) is 34. The van der Waals surface area contributed by atoms with Gasteiger partial charge in [-0.3, -0.25) is 9.98 Å². The second kappa shape index (κ2) is 49.3. The molecule has 0 aliphatic heterocycles. The van der Waals surface area contributed by atoms with Crippen LogP contribution < -0.4 is 9.47 Å². The van der Waals surface area contributed by atoms with E-state index in [0.717, 1.165) is 103 Å². The van der Waals surface area contributed by atoms with Crippen molar-refractivity contribution in [3.8, 4) is 56.0 Å². The van der Waals surface area contributed by atoms with Crippen LogP contribution in [0.25, 0.3) is 44.5 Å². The summed E-state index contributed by atoms with van der Waals surface area (Å²) in [6.45, 7) is 10.1. The summed E-state index contributed by atoms with van der Waals surface area (Å²) >= 11 is -1.62. The minimum absolute atomic E-state index is 0.677. The van der Waals surface area contributed by atoms with Crippen molar-refractivity contribution >= 4 is 52.9 Å². The summed E-state index contributed by atoms with van der Waals surface area (Å²) in [5.41, 5.74) is 13.6. The van der Waals surface area contributed by atoms with Gasteiger partial charge in [-0.05, 0) is 85.3 Å². The van der Waals surface area contributed by atoms with Gasteiger partial charge in [0.25, 0.3) is 0 Å². The van der Waals surface area contributed by atoms with Crippen molar-refractivity contribution in [3.63, 3.8) is 0 Å². The zero-order chi connectivity index (χ0) is 66.3. The molecule has 0 radical (unpaired) electrons. The first-order chi connectivity index (χ1) is 46.2. The Hall–Kier alpha value is -5.19. The molecule has 0 N–H and O–H groups in total. The Kier molecular flexibility index (Phi) is 40.8. The van der Waals surface area contributed by atoms with Crippen molar-refractivity contribution in [2.75, 3.05) is 13.2 Å². The first kappa shape index (κ1) is 77.8. The average Bonchev–Trinajstić information content (AvgIpc) is 0.810. The van der Waals surface area contributed by atoms with Crippen LogP contribution in [-0.4, -0.2) is 29.6 Å². The van der Waals surface area contributed by atoms with Crippen LogP contribution in [-0.2, 0) is 11.4 Å². The standard InChI is InChI=1S/C85H115N3O2.3ClH.Cr/c1-5-7-9-11-13-15-17-19-21-23-25-27-29-31-33-35-37-51-64-89-84-78(72-54-43-39-44-55-72)66-76(67-79(84)73-56-45-40-46-57-73)86-70(3)82-62-53-63-83(88-82)71(4)87-77-68-80(74-58-47-41-48-59-74)85(81(69-77)75-60-49-42-50-61-75)90-65-52-38-36-34-32-30-28-26-24-22-20-18-16-14-12-10-8-6-2;;;;/h39-50,53-63,66-69H,5-38,51-52,64-65H2,1-4H3;3*1H;/q;;;;+3/p-3. The minimum atomic E-state index is -1.62. The number of nitrogens with zero attached hydrogens (tertiary/aromatic N) is 3. The molecule has 5 nitrogen and oxygen atoms in total. The summed E-state index contributed by atoms with van der Waals surface area (Å²) in [4.78, 5) is 15.9. The molecule has 94 heavy (non-hydrogen) atoms. The molecule has 0 unspecified atom stereocenters. The van der Waals surface area contributed by atoms with Gasteiger partial charge < -0.3 is 9.47 Å². The van der Waals surface area contributed by atoms with Gasteiger partial charge in [0.1, 0.15) is 11.5 Å². The molecular formula is C85H115Cl3CrN3O2. The Bertz CT molecular complexity index is 2810. The Morgan fingerprint density at radius 3 is 0.745 bits per heavy atom. The number of hydrogen-bond donors (Lipinski definition) is 0. The molecule has 0 saturated heterocycles. The van der Waals surface area contributed by atoms with Gasteiger partial charge in [-0.25, -0.2) is 4.98 Å². The van der Waals surface area contributed by atoms with Gasteiger partial charge in [0.2, 0.25) is 0 Å². The van der Waals surface area contributed by atoms with Gasteiger partial charge in [0.05, 0.1) is 47.4 Å². The molecule has 0 spiro atoms. The normalized spacial score (nSPS) is 11.7. The SMILES string of the molecule is CCCCCCCCCCCCCCCCCCCCOc1c(-c2ccccc2)cc(N=C(C)c2cccc(C(C)=Nc3cc(-c4ccccc4)c(OCCCCCCCCCCCCCCCCCCCC)c(-c4ccccc4)c3)n2)cc1-c1ccccc1.[Cl][Cr]([Cl])[Cl]. The Morgan fingerprint density at radius 1 is 0.309 bits per heavy atom. The summed E-state index contributed by atoms with van der Waals surface area (Å²) in [6.07, 6.45) is 49.0. The Balaban J connectivity index is 0.00000340. The number of rotatable bonds is 48. The van der Waals surface area contributed by atoms with Crippen LogP contribution in [0.2, 0.25) is 0 Å². The van der Waals surface area contributed by atoms with Crippen molar-refractivity contribution in [2.45, 2.75) is 259 Å². The molecule has 1 heterocycles. The first-order valence-electron chi connectivity index (χ1n) is 36.9. The molecule has 0 fully saturated rings. The fourth-order valence-corrected chi connectivity index (χ4v) is 12.7. The van der Waals surface area contributed by atoms with E-state index >= 15 is 0 Å². The molecule has 0 aliphatic rings. The molecule has 1 aromatic heterocycles. The van der Waals surface area contributed by atoms with E-state index in [1.165, 1.54) is 218 Å². The van der Waals surface area contributed by atoms with E-state index in [-0.39, 0.29) is 0 Å². The van der Waals surface area contributed by atoms with Crippen molar-refractivity contribution in [1.29, 1.82) is 0 Å². The fraction of sp³-hybridized carbons (Fsp3) is 0.494. The van der Waals surface area contributed by atoms with E-state index in [1.54, 1.807) is 0 Å². The fourth-order valence-electron chi connectivity index (χ4n) is 12.7. The molecular weight excluding hydrogens is 1250 g/mol. The molecule has 9 heteroatoms. The maximum absolute atomic E-state index is 6.89. The number of ether oxygens (including phenoxy) is 2. The van der Waals surface area contributed by atoms with Crippen LogP contribution in [0.3, 0.4) is 0 Å². The van der Waals surface area contributed by atoms with Crippen molar-refractivity contribution in [3.05, 3.63) is 175 Å². The van der Waals surface area contributed by atoms with Crippen molar-refractivity contribution in [2.24, 2.45) is 9.98 Å². The number of aromatic nitrogens is 1. The van der Waals surface area contributed by atoms with Gasteiger partial charge in [-0.15, -0.1) is 0 Å². The number of halogens is 3. The van der Waals surface area contributed by atoms with Crippen LogP contribution in [0.1, 0.15) is 270 Å². The first-order valence-corrected chi connectivity index (χ1v) is 42.2. The Morgan fingerprint density at radius 2 is 0.521 bits per heavy atom. The number of pyridine rings is 1. The van der Waals surface area contributed by atoms with Gasteiger partial charge >= 0.3 is 41.5 Å². The van der Waals surface area contributed by atoms with Crippen LogP contribution >= 0.6 is 30.1 Å². The van der Waals surface area contributed by atoms with Crippen LogP contribution in [0.15, 0.2) is 174 Å². The van der Waals surface area contributed by atoms with Gasteiger partial charge in [0.15, 0.2) is 0 Å². The summed E-state index contributed by atoms with van der Waals surface area (Å²) in [6, 6.07) is 57.5. The molecule has 7 aromatic rings. The van der Waals surface area contributed by atoms with Crippen LogP contribution in [0.4, 0.5) is 11.4 Å². The zero-order valence-electron chi connectivity index (χ0n) is 58.2. The summed E-state index contributed by atoms with van der Waals surface area (Å²) in [5.74, 6) is 1.82. The predicted molar refractivity (Wildman–Crippen MR) is 409 cm³/mol. The van der Waals surface area contributed by atoms with E-state index in [9.17, 15) is 0 Å². The molecule has 0 bridgehead atoms. The zero-order valence-corrected chi connectivity index (χ0v) is 61.7. The quantitative estimate of drug-likeness (QED) is 0.0282. The van der Waals surface area contributed by atoms with Gasteiger partial charge in [-0.1, -0.05) is 360 Å². The van der Waals surface area contributed by atoms with E-state index < -0.39 is 11.4 Å². The van der Waals surface area contributed by atoms with E-state index in [0.29, 0.717) is 13.2 Å². The van der Waals surface area contributed by atoms with E-state index in [1.807, 2.05) is 0 Å². The molecule has 0 amide bonds. The molecule has 6 aromatic carbocycles. The average molecular weight is 1370 g/mol. The second-order valence-corrected chi connectivity index (χ2v) is 32.2. The third-order valence-corrected chi connectivity index (χ3v) is 18.1. The van der Waals surface area contributed by atoms with Crippen molar-refractivity contribution < 1.29 is 20.9 Å². The topological polar surface area (TPSA) is 56.1 Å². The van der Waals surface area contributed by atoms with E-state index in [2.05, 4.69) is 191 Å². The van der Waals surface area contributed by atoms with Crippen molar-refractivity contribution in [1.82, 2.24) is 4.98 Å². The van der Waals surface area contributed by atoms with Gasteiger partial charge in [0, 0.05) is 22.3 Å². The van der Waals surface area contributed by atoms with Crippen LogP contribution in [0, 0.1) is 0 Å². The summed E-state index contributed by atoms with van der Waals surface area (Å²) < 4.78 is 13.8.